The zero-order chi connectivity index (χ0) is 13.9. The first-order valence-electron chi connectivity index (χ1n) is 7.96. The molecule has 1 N–H and O–H groups in total. The summed E-state index contributed by atoms with van der Waals surface area (Å²) in [5.74, 6) is 0.261. The SMILES string of the molecule is CCNC1CCCN(c2cccc3c2CCCC3)C1=O. The quantitative estimate of drug-likeness (QED) is 0.917. The molecule has 3 rings (SSSR count). The molecule has 1 aromatic rings. The van der Waals surface area contributed by atoms with E-state index in [-0.39, 0.29) is 11.9 Å². The van der Waals surface area contributed by atoms with Crippen LogP contribution in [0.2, 0.25) is 0 Å². The molecule has 3 nitrogen and oxygen atoms in total. The van der Waals surface area contributed by atoms with Crippen LogP contribution >= 0.6 is 0 Å². The molecule has 1 saturated heterocycles. The van der Waals surface area contributed by atoms with Gasteiger partial charge < -0.3 is 10.2 Å². The van der Waals surface area contributed by atoms with E-state index in [1.807, 2.05) is 4.90 Å². The molecule has 0 aromatic heterocycles. The number of amides is 1. The molecule has 108 valence electrons. The van der Waals surface area contributed by atoms with Gasteiger partial charge >= 0.3 is 0 Å². The standard InChI is InChI=1S/C17H24N2O/c1-2-18-15-10-6-12-19(17(15)20)16-11-5-8-13-7-3-4-9-14(13)16/h5,8,11,15,18H,2-4,6-7,9-10,12H2,1H3. The van der Waals surface area contributed by atoms with Crippen LogP contribution < -0.4 is 10.2 Å². The molecule has 3 heteroatoms. The van der Waals surface area contributed by atoms with Gasteiger partial charge in [0.25, 0.3) is 0 Å². The second-order valence-corrected chi connectivity index (χ2v) is 5.86. The van der Waals surface area contributed by atoms with Crippen molar-refractivity contribution in [2.75, 3.05) is 18.0 Å². The Bertz CT molecular complexity index is 496. The first-order chi connectivity index (χ1) is 9.81. The number of anilines is 1. The lowest BCUT2D eigenvalue weighted by Gasteiger charge is -2.35. The smallest absolute Gasteiger partial charge is 0.244 e. The Morgan fingerprint density at radius 2 is 2.10 bits per heavy atom. The second-order valence-electron chi connectivity index (χ2n) is 5.86. The van der Waals surface area contributed by atoms with Gasteiger partial charge in [-0.25, -0.2) is 0 Å². The minimum Gasteiger partial charge on any atom is -0.311 e. The van der Waals surface area contributed by atoms with Crippen molar-refractivity contribution in [3.05, 3.63) is 29.3 Å². The highest BCUT2D eigenvalue weighted by Crippen LogP contribution is 2.32. The maximum Gasteiger partial charge on any atom is 0.244 e. The van der Waals surface area contributed by atoms with Crippen molar-refractivity contribution in [3.63, 3.8) is 0 Å². The van der Waals surface area contributed by atoms with Crippen LogP contribution in [0.3, 0.4) is 0 Å². The average molecular weight is 272 g/mol. The average Bonchev–Trinajstić information content (AvgIpc) is 2.49. The van der Waals surface area contributed by atoms with E-state index in [1.54, 1.807) is 0 Å². The number of fused-ring (bicyclic) bond motifs is 1. The van der Waals surface area contributed by atoms with Crippen molar-refractivity contribution in [1.82, 2.24) is 5.32 Å². The Labute approximate surface area is 121 Å². The Morgan fingerprint density at radius 1 is 1.25 bits per heavy atom. The van der Waals surface area contributed by atoms with E-state index in [0.29, 0.717) is 0 Å². The Kier molecular flexibility index (Phi) is 4.06. The number of rotatable bonds is 3. The van der Waals surface area contributed by atoms with Crippen molar-refractivity contribution >= 4 is 11.6 Å². The summed E-state index contributed by atoms with van der Waals surface area (Å²) in [4.78, 5) is 14.7. The molecule has 1 heterocycles. The van der Waals surface area contributed by atoms with Crippen LogP contribution in [-0.4, -0.2) is 25.0 Å². The topological polar surface area (TPSA) is 32.3 Å². The van der Waals surface area contributed by atoms with E-state index >= 15 is 0 Å². The number of likely N-dealkylation sites (N-methyl/N-ethyl adjacent to an activating group) is 1. The third-order valence-electron chi connectivity index (χ3n) is 4.55. The molecule has 1 amide bonds. The number of aryl methyl sites for hydroxylation is 1. The third kappa shape index (κ3) is 2.47. The van der Waals surface area contributed by atoms with Crippen LogP contribution in [0.5, 0.6) is 0 Å². The lowest BCUT2D eigenvalue weighted by molar-refractivity contribution is -0.121. The highest BCUT2D eigenvalue weighted by atomic mass is 16.2. The third-order valence-corrected chi connectivity index (χ3v) is 4.55. The second kappa shape index (κ2) is 5.96. The van der Waals surface area contributed by atoms with E-state index in [9.17, 15) is 4.79 Å². The van der Waals surface area contributed by atoms with E-state index in [4.69, 9.17) is 0 Å². The summed E-state index contributed by atoms with van der Waals surface area (Å²) in [5, 5.41) is 3.32. The maximum absolute atomic E-state index is 12.7. The molecule has 1 fully saturated rings. The van der Waals surface area contributed by atoms with Gasteiger partial charge in [0.2, 0.25) is 5.91 Å². The van der Waals surface area contributed by atoms with Gasteiger partial charge in [-0.2, -0.15) is 0 Å². The molecule has 1 aromatic carbocycles. The molecule has 0 bridgehead atoms. The zero-order valence-electron chi connectivity index (χ0n) is 12.3. The van der Waals surface area contributed by atoms with Crippen molar-refractivity contribution in [1.29, 1.82) is 0 Å². The zero-order valence-corrected chi connectivity index (χ0v) is 12.3. The number of carbonyl (C=O) groups is 1. The predicted molar refractivity (Wildman–Crippen MR) is 82.1 cm³/mol. The van der Waals surface area contributed by atoms with Crippen molar-refractivity contribution < 1.29 is 4.79 Å². The van der Waals surface area contributed by atoms with Crippen LogP contribution in [0.4, 0.5) is 5.69 Å². The number of nitrogens with zero attached hydrogens (tertiary/aromatic N) is 1. The fourth-order valence-corrected chi connectivity index (χ4v) is 3.56. The summed E-state index contributed by atoms with van der Waals surface area (Å²) >= 11 is 0. The van der Waals surface area contributed by atoms with E-state index in [2.05, 4.69) is 30.4 Å². The number of carbonyl (C=O) groups excluding carboxylic acids is 1. The summed E-state index contributed by atoms with van der Waals surface area (Å²) in [5.41, 5.74) is 4.05. The molecular weight excluding hydrogens is 248 g/mol. The Hall–Kier alpha value is -1.35. The van der Waals surface area contributed by atoms with Gasteiger partial charge in [-0.05, 0) is 62.3 Å². The number of benzene rings is 1. The van der Waals surface area contributed by atoms with Gasteiger partial charge in [-0.3, -0.25) is 4.79 Å². The van der Waals surface area contributed by atoms with Gasteiger partial charge in [0.15, 0.2) is 0 Å². The summed E-state index contributed by atoms with van der Waals surface area (Å²) in [6.45, 7) is 3.80. The van der Waals surface area contributed by atoms with E-state index < -0.39 is 0 Å². The van der Waals surface area contributed by atoms with Crippen LogP contribution in [0, 0.1) is 0 Å². The largest absolute Gasteiger partial charge is 0.311 e. The highest BCUT2D eigenvalue weighted by molar-refractivity contribution is 5.98. The first kappa shape index (κ1) is 13.6. The first-order valence-corrected chi connectivity index (χ1v) is 7.96. The normalized spacial score (nSPS) is 22.8. The molecule has 1 unspecified atom stereocenters. The molecule has 1 atom stereocenters. The van der Waals surface area contributed by atoms with Gasteiger partial charge in [0, 0.05) is 12.2 Å². The van der Waals surface area contributed by atoms with Gasteiger partial charge in [0.05, 0.1) is 6.04 Å². The molecule has 0 saturated carbocycles. The lowest BCUT2D eigenvalue weighted by Crippen LogP contribution is -2.51. The summed E-state index contributed by atoms with van der Waals surface area (Å²) in [6, 6.07) is 6.49. The maximum atomic E-state index is 12.7. The van der Waals surface area contributed by atoms with Crippen molar-refractivity contribution in [2.24, 2.45) is 0 Å². The molecule has 20 heavy (non-hydrogen) atoms. The fourth-order valence-electron chi connectivity index (χ4n) is 3.56. The summed E-state index contributed by atoms with van der Waals surface area (Å²) < 4.78 is 0. The van der Waals surface area contributed by atoms with Gasteiger partial charge in [-0.15, -0.1) is 0 Å². The van der Waals surface area contributed by atoms with Gasteiger partial charge in [0.1, 0.15) is 0 Å². The fraction of sp³-hybridized carbons (Fsp3) is 0.588. The van der Waals surface area contributed by atoms with Gasteiger partial charge in [-0.1, -0.05) is 19.1 Å². The number of piperidine rings is 1. The van der Waals surface area contributed by atoms with Crippen LogP contribution in [0.1, 0.15) is 43.7 Å². The number of nitrogens with one attached hydrogen (secondary N) is 1. The Balaban J connectivity index is 1.90. The lowest BCUT2D eigenvalue weighted by atomic mass is 9.89. The Morgan fingerprint density at radius 3 is 2.95 bits per heavy atom. The molecule has 1 aliphatic carbocycles. The molecule has 1 aliphatic heterocycles. The molecular formula is C17H24N2O. The van der Waals surface area contributed by atoms with Crippen molar-refractivity contribution in [3.8, 4) is 0 Å². The van der Waals surface area contributed by atoms with Crippen LogP contribution in [0.25, 0.3) is 0 Å². The van der Waals surface area contributed by atoms with Crippen LogP contribution in [0.15, 0.2) is 18.2 Å². The molecule has 2 aliphatic rings. The minimum absolute atomic E-state index is 0.00759. The predicted octanol–water partition coefficient (Wildman–Crippen LogP) is 2.67. The van der Waals surface area contributed by atoms with E-state index in [0.717, 1.165) is 32.4 Å². The number of hydrogen-bond donors (Lipinski definition) is 1. The van der Waals surface area contributed by atoms with Crippen molar-refractivity contribution in [2.45, 2.75) is 51.5 Å². The van der Waals surface area contributed by atoms with E-state index in [1.165, 1.54) is 36.1 Å². The minimum atomic E-state index is 0.00759. The monoisotopic (exact) mass is 272 g/mol. The molecule has 0 spiro atoms. The summed E-state index contributed by atoms with van der Waals surface area (Å²) in [7, 11) is 0. The highest BCUT2D eigenvalue weighted by Gasteiger charge is 2.30. The van der Waals surface area contributed by atoms with Crippen LogP contribution in [-0.2, 0) is 17.6 Å². The summed E-state index contributed by atoms with van der Waals surface area (Å²) in [6.07, 6.45) is 6.89. The molecule has 0 radical (unpaired) electrons. The number of hydrogen-bond acceptors (Lipinski definition) is 2.